The van der Waals surface area contributed by atoms with Crippen LogP contribution in [0.25, 0.3) is 0 Å². The minimum Gasteiger partial charge on any atom is -0.285 e. The zero-order valence-electron chi connectivity index (χ0n) is 16.0. The number of nitrogens with zero attached hydrogens (tertiary/aromatic N) is 2. The molecule has 2 fully saturated rings. The van der Waals surface area contributed by atoms with Gasteiger partial charge in [-0.1, -0.05) is 20.8 Å². The van der Waals surface area contributed by atoms with Crippen molar-refractivity contribution in [3.8, 4) is 0 Å². The maximum atomic E-state index is 12.9. The summed E-state index contributed by atoms with van der Waals surface area (Å²) >= 11 is 0. The van der Waals surface area contributed by atoms with Crippen LogP contribution in [0.4, 0.5) is 0 Å². The third-order valence-electron chi connectivity index (χ3n) is 5.74. The predicted molar refractivity (Wildman–Crippen MR) is 95.8 cm³/mol. The molecule has 1 aliphatic carbocycles. The van der Waals surface area contributed by atoms with Crippen LogP contribution in [0.2, 0.25) is 0 Å². The van der Waals surface area contributed by atoms with Crippen molar-refractivity contribution in [2.24, 2.45) is 16.2 Å². The van der Waals surface area contributed by atoms with E-state index in [-0.39, 0.29) is 11.8 Å². The minimum atomic E-state index is -0.962. The average Bonchev–Trinajstić information content (AvgIpc) is 2.62. The van der Waals surface area contributed by atoms with Crippen LogP contribution in [0.15, 0.2) is 24.5 Å². The van der Waals surface area contributed by atoms with Crippen molar-refractivity contribution in [3.63, 3.8) is 0 Å². The topological polar surface area (TPSA) is 108 Å². The summed E-state index contributed by atoms with van der Waals surface area (Å²) in [6.07, 6.45) is 3.97. The normalized spacial score (nSPS) is 32.8. The summed E-state index contributed by atoms with van der Waals surface area (Å²) in [4.78, 5) is 55.4. The summed E-state index contributed by atoms with van der Waals surface area (Å²) in [5.41, 5.74) is 2.60. The third kappa shape index (κ3) is 3.09. The lowest BCUT2D eigenvalue weighted by molar-refractivity contribution is -0.178. The van der Waals surface area contributed by atoms with Gasteiger partial charge in [-0.3, -0.25) is 39.9 Å². The highest BCUT2D eigenvalue weighted by atomic mass is 16.2. The highest BCUT2D eigenvalue weighted by Crippen LogP contribution is 2.58. The van der Waals surface area contributed by atoms with Gasteiger partial charge in [-0.2, -0.15) is 0 Å². The molecule has 1 aliphatic heterocycles. The summed E-state index contributed by atoms with van der Waals surface area (Å²) in [5.74, 6) is -1.42. The van der Waals surface area contributed by atoms with E-state index in [9.17, 15) is 19.2 Å². The van der Waals surface area contributed by atoms with E-state index in [1.165, 1.54) is 18.1 Å². The number of pyridine rings is 1. The van der Waals surface area contributed by atoms with Crippen LogP contribution in [0.1, 0.15) is 50.4 Å². The maximum absolute atomic E-state index is 12.9. The summed E-state index contributed by atoms with van der Waals surface area (Å²) in [6.45, 7) is 5.34. The number of fused-ring (bicyclic) bond motifs is 2. The van der Waals surface area contributed by atoms with E-state index in [1.54, 1.807) is 39.1 Å². The standard InChI is InChI=1S/C19H24N4O4/c1-17(14(25)22-21-13(24)12-6-5-7-20-8-12)9-18(2)11-19(3,10-17)16(27)23(4)15(18)26/h5-8H,9-11H2,1-4H3,(H,21,24)(H,22,25). The van der Waals surface area contributed by atoms with Crippen molar-refractivity contribution in [1.29, 1.82) is 0 Å². The summed E-state index contributed by atoms with van der Waals surface area (Å²) < 4.78 is 0. The summed E-state index contributed by atoms with van der Waals surface area (Å²) in [5, 5.41) is 0. The van der Waals surface area contributed by atoms with Gasteiger partial charge >= 0.3 is 0 Å². The van der Waals surface area contributed by atoms with E-state index in [2.05, 4.69) is 15.8 Å². The number of likely N-dealkylation sites (tertiary alicyclic amines) is 1. The summed E-state index contributed by atoms with van der Waals surface area (Å²) in [6, 6.07) is 3.20. The Kier molecular flexibility index (Phi) is 4.32. The lowest BCUT2D eigenvalue weighted by Gasteiger charge is -2.55. The fraction of sp³-hybridized carbons (Fsp3) is 0.526. The monoisotopic (exact) mass is 372 g/mol. The second kappa shape index (κ2) is 6.14. The van der Waals surface area contributed by atoms with E-state index in [4.69, 9.17) is 0 Å². The average molecular weight is 372 g/mol. The molecule has 2 atom stereocenters. The fourth-order valence-electron chi connectivity index (χ4n) is 4.97. The van der Waals surface area contributed by atoms with Crippen molar-refractivity contribution in [2.45, 2.75) is 40.0 Å². The number of carbonyl (C=O) groups excluding carboxylic acids is 4. The number of nitrogens with one attached hydrogen (secondary N) is 2. The van der Waals surface area contributed by atoms with Gasteiger partial charge in [-0.15, -0.1) is 0 Å². The Morgan fingerprint density at radius 1 is 1.04 bits per heavy atom. The molecule has 1 aromatic heterocycles. The molecule has 0 spiro atoms. The molecule has 1 aromatic rings. The molecule has 0 aromatic carbocycles. The number of hydrogen-bond donors (Lipinski definition) is 2. The SMILES string of the molecule is CN1C(=O)C2(C)CC(C)(C(=O)NNC(=O)c3cccnc3)CC(C)(C2)C1=O. The van der Waals surface area contributed by atoms with Gasteiger partial charge in [-0.25, -0.2) is 0 Å². The van der Waals surface area contributed by atoms with Gasteiger partial charge in [0, 0.05) is 30.3 Å². The number of aromatic nitrogens is 1. The molecule has 2 bridgehead atoms. The van der Waals surface area contributed by atoms with Crippen LogP contribution in [0.3, 0.4) is 0 Å². The van der Waals surface area contributed by atoms with Crippen LogP contribution >= 0.6 is 0 Å². The number of carbonyl (C=O) groups is 4. The van der Waals surface area contributed by atoms with Gasteiger partial charge in [0.05, 0.1) is 11.0 Å². The molecule has 0 radical (unpaired) electrons. The Balaban J connectivity index is 1.78. The quantitative estimate of drug-likeness (QED) is 0.596. The number of hydrogen-bond acceptors (Lipinski definition) is 5. The van der Waals surface area contributed by atoms with E-state index < -0.39 is 28.1 Å². The van der Waals surface area contributed by atoms with E-state index >= 15 is 0 Å². The van der Waals surface area contributed by atoms with E-state index in [1.807, 2.05) is 0 Å². The second-order valence-corrected chi connectivity index (χ2v) is 8.53. The molecule has 8 nitrogen and oxygen atoms in total. The van der Waals surface area contributed by atoms with Crippen LogP contribution in [-0.4, -0.2) is 40.6 Å². The molecule has 2 N–H and O–H groups in total. The molecule has 144 valence electrons. The second-order valence-electron chi connectivity index (χ2n) is 8.53. The molecule has 1 saturated heterocycles. The predicted octanol–water partition coefficient (Wildman–Crippen LogP) is 1.04. The zero-order valence-corrected chi connectivity index (χ0v) is 16.0. The van der Waals surface area contributed by atoms with Crippen molar-refractivity contribution in [3.05, 3.63) is 30.1 Å². The van der Waals surface area contributed by atoms with E-state index in [0.717, 1.165) is 0 Å². The molecule has 2 aliphatic rings. The van der Waals surface area contributed by atoms with Gasteiger partial charge < -0.3 is 0 Å². The summed E-state index contributed by atoms with van der Waals surface area (Å²) in [7, 11) is 1.50. The first kappa shape index (κ1) is 19.0. The Hall–Kier alpha value is -2.77. The Labute approximate surface area is 157 Å². The lowest BCUT2D eigenvalue weighted by atomic mass is 9.51. The molecule has 8 heteroatoms. The first-order valence-electron chi connectivity index (χ1n) is 8.84. The fourth-order valence-corrected chi connectivity index (χ4v) is 4.97. The lowest BCUT2D eigenvalue weighted by Crippen LogP contribution is -2.64. The van der Waals surface area contributed by atoms with Gasteiger partial charge in [-0.05, 0) is 31.4 Å². The number of imide groups is 1. The van der Waals surface area contributed by atoms with Crippen LogP contribution in [0.5, 0.6) is 0 Å². The van der Waals surface area contributed by atoms with E-state index in [0.29, 0.717) is 24.8 Å². The smallest absolute Gasteiger partial charge is 0.271 e. The number of piperidine rings is 1. The maximum Gasteiger partial charge on any atom is 0.271 e. The van der Waals surface area contributed by atoms with Gasteiger partial charge in [0.25, 0.3) is 5.91 Å². The molecule has 2 heterocycles. The first-order chi connectivity index (χ1) is 12.5. The molecule has 2 unspecified atom stereocenters. The highest BCUT2D eigenvalue weighted by molar-refractivity contribution is 6.04. The number of hydrazine groups is 1. The van der Waals surface area contributed by atoms with Crippen molar-refractivity contribution in [2.75, 3.05) is 7.05 Å². The Bertz CT molecular complexity index is 794. The van der Waals surface area contributed by atoms with Crippen LogP contribution in [0, 0.1) is 16.2 Å². The molecule has 27 heavy (non-hydrogen) atoms. The Morgan fingerprint density at radius 3 is 2.15 bits per heavy atom. The van der Waals surface area contributed by atoms with Crippen molar-refractivity contribution in [1.82, 2.24) is 20.7 Å². The minimum absolute atomic E-state index is 0.261. The van der Waals surface area contributed by atoms with Crippen molar-refractivity contribution < 1.29 is 19.2 Å². The highest BCUT2D eigenvalue weighted by Gasteiger charge is 2.62. The van der Waals surface area contributed by atoms with Gasteiger partial charge in [0.15, 0.2) is 0 Å². The largest absolute Gasteiger partial charge is 0.285 e. The molecule has 1 saturated carbocycles. The number of rotatable bonds is 2. The van der Waals surface area contributed by atoms with Crippen LogP contribution < -0.4 is 10.9 Å². The van der Waals surface area contributed by atoms with Gasteiger partial charge in [0.1, 0.15) is 0 Å². The Morgan fingerprint density at radius 2 is 1.63 bits per heavy atom. The zero-order chi connectivity index (χ0) is 20.0. The van der Waals surface area contributed by atoms with Gasteiger partial charge in [0.2, 0.25) is 17.7 Å². The number of amides is 4. The molecular weight excluding hydrogens is 348 g/mol. The van der Waals surface area contributed by atoms with Crippen molar-refractivity contribution >= 4 is 23.6 Å². The molecule has 4 amide bonds. The molecular formula is C19H24N4O4. The van der Waals surface area contributed by atoms with Crippen LogP contribution in [-0.2, 0) is 14.4 Å². The third-order valence-corrected chi connectivity index (χ3v) is 5.74. The molecule has 3 rings (SSSR count). The first-order valence-corrected chi connectivity index (χ1v) is 8.84.